The van der Waals surface area contributed by atoms with Gasteiger partial charge in [0.1, 0.15) is 0 Å². The molecule has 0 bridgehead atoms. The minimum absolute atomic E-state index is 0.00423. The van der Waals surface area contributed by atoms with Crippen molar-refractivity contribution in [1.82, 2.24) is 13.7 Å². The Balaban J connectivity index is 3.68. The lowest BCUT2D eigenvalue weighted by atomic mass is 10.5. The molecule has 7 heteroatoms. The molecule has 0 aromatic carbocycles. The van der Waals surface area contributed by atoms with Crippen LogP contribution in [-0.2, 0) is 19.6 Å². The lowest BCUT2D eigenvalue weighted by Gasteiger charge is -2.10. The van der Waals surface area contributed by atoms with Gasteiger partial charge in [0.25, 0.3) is 0 Å². The Labute approximate surface area is 114 Å². The molecule has 0 unspecified atom stereocenters. The summed E-state index contributed by atoms with van der Waals surface area (Å²) in [4.78, 5) is 36.0. The first-order chi connectivity index (χ1) is 9.08. The number of rotatable bonds is 6. The van der Waals surface area contributed by atoms with E-state index in [9.17, 15) is 14.4 Å². The highest BCUT2D eigenvalue weighted by molar-refractivity contribution is 6.25. The molecule has 0 radical (unpaired) electrons. The smallest absolute Gasteiger partial charge is 0.247 e. The van der Waals surface area contributed by atoms with Gasteiger partial charge in [-0.05, 0) is 0 Å². The molecule has 0 atom stereocenters. The molecule has 0 amide bonds. The summed E-state index contributed by atoms with van der Waals surface area (Å²) in [6, 6.07) is 0. The fourth-order valence-electron chi connectivity index (χ4n) is 1.55. The first-order valence-electron chi connectivity index (χ1n) is 5.50. The van der Waals surface area contributed by atoms with Gasteiger partial charge >= 0.3 is 17.1 Å². The molecule has 0 fully saturated rings. The zero-order valence-electron chi connectivity index (χ0n) is 10.3. The lowest BCUT2D eigenvalue weighted by Crippen LogP contribution is -2.54. The number of allylic oxidation sites excluding steroid dienone is 3. The van der Waals surface area contributed by atoms with Gasteiger partial charge in [-0.3, -0.25) is 0 Å². The second kappa shape index (κ2) is 6.75. The van der Waals surface area contributed by atoms with Crippen LogP contribution in [0.4, 0.5) is 0 Å². The van der Waals surface area contributed by atoms with Crippen LogP contribution in [0.25, 0.3) is 0 Å². The van der Waals surface area contributed by atoms with Gasteiger partial charge in [-0.15, -0.1) is 13.2 Å². The number of aromatic nitrogens is 3. The number of hydrogen-bond donors (Lipinski definition) is 0. The predicted octanol–water partition coefficient (Wildman–Crippen LogP) is 0.296. The van der Waals surface area contributed by atoms with Crippen molar-refractivity contribution >= 4 is 11.6 Å². The number of hydrogen-bond acceptors (Lipinski definition) is 3. The third-order valence-electron chi connectivity index (χ3n) is 2.39. The van der Waals surface area contributed by atoms with Crippen LogP contribution in [0, 0.1) is 0 Å². The summed E-state index contributed by atoms with van der Waals surface area (Å²) in [5.74, 6) is 0. The van der Waals surface area contributed by atoms with E-state index in [-0.39, 0.29) is 19.6 Å². The van der Waals surface area contributed by atoms with Crippen molar-refractivity contribution in [3.05, 3.63) is 68.4 Å². The van der Waals surface area contributed by atoms with E-state index < -0.39 is 17.1 Å². The molecule has 0 saturated heterocycles. The molecule has 0 saturated carbocycles. The quantitative estimate of drug-likeness (QED) is 0.705. The van der Waals surface area contributed by atoms with Crippen LogP contribution in [0.3, 0.4) is 0 Å². The third-order valence-corrected chi connectivity index (χ3v) is 2.56. The van der Waals surface area contributed by atoms with E-state index in [2.05, 4.69) is 13.2 Å². The van der Waals surface area contributed by atoms with Gasteiger partial charge in [-0.1, -0.05) is 29.8 Å². The maximum atomic E-state index is 12.0. The summed E-state index contributed by atoms with van der Waals surface area (Å²) < 4.78 is 2.78. The molecule has 6 nitrogen and oxygen atoms in total. The van der Waals surface area contributed by atoms with Crippen LogP contribution in [0.1, 0.15) is 0 Å². The Hall–Kier alpha value is -2.08. The van der Waals surface area contributed by atoms with Crippen molar-refractivity contribution in [2.75, 3.05) is 0 Å². The van der Waals surface area contributed by atoms with E-state index >= 15 is 0 Å². The largest absolute Gasteiger partial charge is 0.336 e. The molecule has 1 aromatic heterocycles. The van der Waals surface area contributed by atoms with Crippen molar-refractivity contribution in [1.29, 1.82) is 0 Å². The molecule has 1 heterocycles. The van der Waals surface area contributed by atoms with E-state index in [0.717, 1.165) is 13.7 Å². The maximum Gasteiger partial charge on any atom is 0.336 e. The van der Waals surface area contributed by atoms with Gasteiger partial charge in [0.2, 0.25) is 0 Å². The van der Waals surface area contributed by atoms with Crippen LogP contribution >= 0.6 is 11.6 Å². The minimum atomic E-state index is -0.690. The van der Waals surface area contributed by atoms with Crippen LogP contribution in [0.2, 0.25) is 0 Å². The van der Waals surface area contributed by atoms with E-state index in [1.807, 2.05) is 0 Å². The number of halogens is 1. The van der Waals surface area contributed by atoms with Crippen molar-refractivity contribution < 1.29 is 0 Å². The minimum Gasteiger partial charge on any atom is -0.247 e. The molecule has 19 heavy (non-hydrogen) atoms. The standard InChI is InChI=1S/C12H14ClN3O3/c1-3-7-14-10(17)15(8-4-2)12(19)16(11(14)18)9-5-6-13/h3-6H,1-2,7-9H2/b6-5+. The highest BCUT2D eigenvalue weighted by Crippen LogP contribution is 1.83. The lowest BCUT2D eigenvalue weighted by molar-refractivity contribution is 0.501. The first kappa shape index (κ1) is 15.0. The van der Waals surface area contributed by atoms with Crippen LogP contribution < -0.4 is 17.1 Å². The Kier molecular flexibility index (Phi) is 5.32. The Bertz CT molecular complexity index is 631. The van der Waals surface area contributed by atoms with Crippen molar-refractivity contribution in [3.8, 4) is 0 Å². The normalized spacial score (nSPS) is 10.8. The molecule has 1 aromatic rings. The van der Waals surface area contributed by atoms with Crippen molar-refractivity contribution in [2.45, 2.75) is 19.6 Å². The van der Waals surface area contributed by atoms with Crippen LogP contribution in [-0.4, -0.2) is 13.7 Å². The molecular formula is C12H14ClN3O3. The number of nitrogens with zero attached hydrogens (tertiary/aromatic N) is 3. The van der Waals surface area contributed by atoms with Gasteiger partial charge in [0.15, 0.2) is 0 Å². The Morgan fingerprint density at radius 3 is 1.53 bits per heavy atom. The van der Waals surface area contributed by atoms with Gasteiger partial charge in [0.05, 0.1) is 19.6 Å². The average Bonchev–Trinajstić information content (AvgIpc) is 2.40. The monoisotopic (exact) mass is 283 g/mol. The molecular weight excluding hydrogens is 270 g/mol. The average molecular weight is 284 g/mol. The Morgan fingerprint density at radius 1 is 0.842 bits per heavy atom. The van der Waals surface area contributed by atoms with E-state index in [1.54, 1.807) is 0 Å². The summed E-state index contributed by atoms with van der Waals surface area (Å²) in [7, 11) is 0. The fraction of sp³-hybridized carbons (Fsp3) is 0.250. The topological polar surface area (TPSA) is 66.0 Å². The molecule has 0 aliphatic heterocycles. The molecule has 102 valence electrons. The second-order valence-corrected chi connectivity index (χ2v) is 3.87. The highest BCUT2D eigenvalue weighted by atomic mass is 35.5. The van der Waals surface area contributed by atoms with Crippen LogP contribution in [0.5, 0.6) is 0 Å². The van der Waals surface area contributed by atoms with Gasteiger partial charge in [-0.25, -0.2) is 28.1 Å². The van der Waals surface area contributed by atoms with Gasteiger partial charge in [0, 0.05) is 5.54 Å². The SMILES string of the molecule is C=CCn1c(=O)n(CC=C)c(=O)n(C/C=C/Cl)c1=O. The summed E-state index contributed by atoms with van der Waals surface area (Å²) >= 11 is 5.38. The molecule has 0 aliphatic carbocycles. The third kappa shape index (κ3) is 3.03. The van der Waals surface area contributed by atoms with Crippen LogP contribution in [0.15, 0.2) is 51.3 Å². The van der Waals surface area contributed by atoms with Gasteiger partial charge < -0.3 is 0 Å². The molecule has 1 rings (SSSR count). The van der Waals surface area contributed by atoms with E-state index in [0.29, 0.717) is 0 Å². The second-order valence-electron chi connectivity index (χ2n) is 3.62. The Morgan fingerprint density at radius 2 is 1.21 bits per heavy atom. The molecule has 0 aliphatic rings. The highest BCUT2D eigenvalue weighted by Gasteiger charge is 2.12. The van der Waals surface area contributed by atoms with Gasteiger partial charge in [-0.2, -0.15) is 0 Å². The molecule has 0 spiro atoms. The summed E-state index contributed by atoms with van der Waals surface area (Å²) in [5, 5.41) is 0. The molecule has 0 N–H and O–H groups in total. The first-order valence-corrected chi connectivity index (χ1v) is 5.93. The van der Waals surface area contributed by atoms with Crippen molar-refractivity contribution in [3.63, 3.8) is 0 Å². The zero-order valence-corrected chi connectivity index (χ0v) is 11.0. The predicted molar refractivity (Wildman–Crippen MR) is 74.6 cm³/mol. The fourth-order valence-corrected chi connectivity index (χ4v) is 1.63. The van der Waals surface area contributed by atoms with Crippen molar-refractivity contribution in [2.24, 2.45) is 0 Å². The maximum absolute atomic E-state index is 12.0. The summed E-state index contributed by atoms with van der Waals surface area (Å²) in [5.41, 5.74) is -0.858. The van der Waals surface area contributed by atoms with E-state index in [4.69, 9.17) is 11.6 Å². The van der Waals surface area contributed by atoms with E-state index in [1.165, 1.54) is 23.8 Å². The zero-order chi connectivity index (χ0) is 14.4. The summed E-state index contributed by atoms with van der Waals surface area (Å²) in [6.07, 6.45) is 4.26. The summed E-state index contributed by atoms with van der Waals surface area (Å²) in [6.45, 7) is 7.01.